The van der Waals surface area contributed by atoms with Gasteiger partial charge in [0.05, 0.1) is 18.1 Å². The Morgan fingerprint density at radius 1 is 1.28 bits per heavy atom. The van der Waals surface area contributed by atoms with Gasteiger partial charge in [-0.1, -0.05) is 13.8 Å². The Kier molecular flexibility index (Phi) is 4.62. The van der Waals surface area contributed by atoms with E-state index in [1.807, 2.05) is 13.8 Å². The molecular formula is C13H21NO3S. The summed E-state index contributed by atoms with van der Waals surface area (Å²) in [4.78, 5) is 0. The van der Waals surface area contributed by atoms with E-state index in [0.29, 0.717) is 17.0 Å². The first kappa shape index (κ1) is 14.8. The number of methoxy groups -OCH3 is 1. The highest BCUT2D eigenvalue weighted by Crippen LogP contribution is 2.26. The number of sulfone groups is 1. The fourth-order valence-electron chi connectivity index (χ4n) is 1.67. The summed E-state index contributed by atoms with van der Waals surface area (Å²) in [5.74, 6) is 0.603. The predicted molar refractivity (Wildman–Crippen MR) is 74.3 cm³/mol. The van der Waals surface area contributed by atoms with Crippen molar-refractivity contribution in [1.82, 2.24) is 0 Å². The maximum Gasteiger partial charge on any atom is 0.157 e. The molecule has 5 heteroatoms. The molecule has 1 atom stereocenters. The minimum Gasteiger partial charge on any atom is -0.496 e. The van der Waals surface area contributed by atoms with Gasteiger partial charge in [-0.05, 0) is 31.0 Å². The molecule has 1 rings (SSSR count). The van der Waals surface area contributed by atoms with Crippen molar-refractivity contribution in [2.75, 3.05) is 12.8 Å². The number of ether oxygens (including phenoxy) is 1. The molecule has 18 heavy (non-hydrogen) atoms. The van der Waals surface area contributed by atoms with Crippen molar-refractivity contribution in [3.63, 3.8) is 0 Å². The van der Waals surface area contributed by atoms with Crippen molar-refractivity contribution in [2.24, 2.45) is 5.92 Å². The van der Waals surface area contributed by atoms with Crippen LogP contribution in [0.3, 0.4) is 0 Å². The summed E-state index contributed by atoms with van der Waals surface area (Å²) < 4.78 is 29.6. The first-order valence-electron chi connectivity index (χ1n) is 5.92. The van der Waals surface area contributed by atoms with Gasteiger partial charge < -0.3 is 10.5 Å². The number of nitrogen functional groups attached to an aromatic ring is 1. The van der Waals surface area contributed by atoms with Gasteiger partial charge in [0.25, 0.3) is 0 Å². The van der Waals surface area contributed by atoms with E-state index in [2.05, 4.69) is 0 Å². The Hall–Kier alpha value is -1.23. The summed E-state index contributed by atoms with van der Waals surface area (Å²) in [6, 6.07) is 5.05. The maximum atomic E-state index is 12.2. The number of benzene rings is 1. The number of anilines is 1. The van der Waals surface area contributed by atoms with Crippen LogP contribution in [0.25, 0.3) is 0 Å². The van der Waals surface area contributed by atoms with E-state index in [9.17, 15) is 8.42 Å². The summed E-state index contributed by atoms with van der Waals surface area (Å²) in [5, 5.41) is -0.386. The molecule has 0 aliphatic heterocycles. The van der Waals surface area contributed by atoms with Crippen LogP contribution in [0, 0.1) is 5.92 Å². The molecule has 0 aliphatic rings. The lowest BCUT2D eigenvalue weighted by Crippen LogP contribution is -2.25. The van der Waals surface area contributed by atoms with Gasteiger partial charge in [0.1, 0.15) is 5.75 Å². The van der Waals surface area contributed by atoms with E-state index in [0.717, 1.165) is 0 Å². The van der Waals surface area contributed by atoms with Gasteiger partial charge in [0, 0.05) is 11.3 Å². The Morgan fingerprint density at radius 3 is 2.39 bits per heavy atom. The van der Waals surface area contributed by atoms with Crippen LogP contribution in [0.4, 0.5) is 5.69 Å². The number of rotatable bonds is 5. The van der Waals surface area contributed by atoms with E-state index >= 15 is 0 Å². The van der Waals surface area contributed by atoms with Gasteiger partial charge in [-0.3, -0.25) is 0 Å². The van der Waals surface area contributed by atoms with Crippen molar-refractivity contribution < 1.29 is 13.2 Å². The fourth-order valence-corrected chi connectivity index (χ4v) is 3.43. The van der Waals surface area contributed by atoms with Crippen molar-refractivity contribution >= 4 is 15.5 Å². The molecule has 1 aromatic carbocycles. The quantitative estimate of drug-likeness (QED) is 0.834. The van der Waals surface area contributed by atoms with Crippen LogP contribution in [0.2, 0.25) is 0 Å². The lowest BCUT2D eigenvalue weighted by atomic mass is 10.2. The van der Waals surface area contributed by atoms with Crippen LogP contribution in [0.5, 0.6) is 5.75 Å². The molecule has 4 nitrogen and oxygen atoms in total. The van der Waals surface area contributed by atoms with E-state index in [1.165, 1.54) is 7.11 Å². The molecule has 0 spiro atoms. The van der Waals surface area contributed by atoms with Crippen LogP contribution in [-0.4, -0.2) is 20.8 Å². The molecule has 0 saturated heterocycles. The number of nitrogens with two attached hydrogens (primary N) is 1. The largest absolute Gasteiger partial charge is 0.496 e. The molecule has 102 valence electrons. The molecule has 0 fully saturated rings. The van der Waals surface area contributed by atoms with Gasteiger partial charge in [-0.15, -0.1) is 0 Å². The highest BCUT2D eigenvalue weighted by Gasteiger charge is 2.25. The molecule has 0 bridgehead atoms. The molecule has 1 aromatic rings. The SMILES string of the molecule is COc1ccc(N)cc1CS(=O)(=O)C(C)C(C)C. The van der Waals surface area contributed by atoms with Crippen molar-refractivity contribution in [3.8, 4) is 5.75 Å². The summed E-state index contributed by atoms with van der Waals surface area (Å²) in [7, 11) is -1.68. The van der Waals surface area contributed by atoms with E-state index in [4.69, 9.17) is 10.5 Å². The van der Waals surface area contributed by atoms with Crippen LogP contribution in [-0.2, 0) is 15.6 Å². The molecular weight excluding hydrogens is 250 g/mol. The maximum absolute atomic E-state index is 12.2. The first-order chi connectivity index (χ1) is 8.27. The molecule has 2 N–H and O–H groups in total. The fraction of sp³-hybridized carbons (Fsp3) is 0.538. The highest BCUT2D eigenvalue weighted by molar-refractivity contribution is 7.91. The van der Waals surface area contributed by atoms with E-state index in [1.54, 1.807) is 25.1 Å². The van der Waals surface area contributed by atoms with Gasteiger partial charge in [-0.2, -0.15) is 0 Å². The molecule has 0 radical (unpaired) electrons. The van der Waals surface area contributed by atoms with Gasteiger partial charge in [0.2, 0.25) is 0 Å². The second-order valence-electron chi connectivity index (χ2n) is 4.83. The standard InChI is InChI=1S/C13H21NO3S/c1-9(2)10(3)18(15,16)8-11-7-12(14)5-6-13(11)17-4/h5-7,9-10H,8,14H2,1-4H3. The molecule has 0 saturated carbocycles. The second-order valence-corrected chi connectivity index (χ2v) is 7.19. The Bertz CT molecular complexity index is 509. The zero-order valence-electron chi connectivity index (χ0n) is 11.3. The Labute approximate surface area is 109 Å². The monoisotopic (exact) mass is 271 g/mol. The summed E-state index contributed by atoms with van der Waals surface area (Å²) in [5.41, 5.74) is 6.84. The molecule has 0 amide bonds. The minimum absolute atomic E-state index is 0.0411. The summed E-state index contributed by atoms with van der Waals surface area (Å²) in [6.07, 6.45) is 0. The second kappa shape index (κ2) is 5.61. The highest BCUT2D eigenvalue weighted by atomic mass is 32.2. The van der Waals surface area contributed by atoms with Crippen molar-refractivity contribution in [1.29, 1.82) is 0 Å². The molecule has 0 aromatic heterocycles. The zero-order chi connectivity index (χ0) is 13.9. The van der Waals surface area contributed by atoms with Crippen LogP contribution in [0.1, 0.15) is 26.3 Å². The first-order valence-corrected chi connectivity index (χ1v) is 7.63. The molecule has 1 unspecified atom stereocenters. The Balaban J connectivity index is 3.07. The van der Waals surface area contributed by atoms with Gasteiger partial charge in [0.15, 0.2) is 9.84 Å². The topological polar surface area (TPSA) is 69.4 Å². The molecule has 0 heterocycles. The zero-order valence-corrected chi connectivity index (χ0v) is 12.1. The number of hydrogen-bond donors (Lipinski definition) is 1. The lowest BCUT2D eigenvalue weighted by Gasteiger charge is -2.17. The smallest absolute Gasteiger partial charge is 0.157 e. The van der Waals surface area contributed by atoms with Gasteiger partial charge >= 0.3 is 0 Å². The minimum atomic E-state index is -3.20. The van der Waals surface area contributed by atoms with Gasteiger partial charge in [-0.25, -0.2) is 8.42 Å². The third-order valence-electron chi connectivity index (χ3n) is 3.17. The van der Waals surface area contributed by atoms with Crippen molar-refractivity contribution in [3.05, 3.63) is 23.8 Å². The normalized spacial score (nSPS) is 13.6. The van der Waals surface area contributed by atoms with E-state index in [-0.39, 0.29) is 16.9 Å². The number of hydrogen-bond acceptors (Lipinski definition) is 4. The molecule has 0 aliphatic carbocycles. The summed E-state index contributed by atoms with van der Waals surface area (Å²) in [6.45, 7) is 5.54. The average Bonchev–Trinajstić information content (AvgIpc) is 2.27. The van der Waals surface area contributed by atoms with E-state index < -0.39 is 9.84 Å². The third kappa shape index (κ3) is 3.38. The third-order valence-corrected chi connectivity index (χ3v) is 5.56. The van der Waals surface area contributed by atoms with Crippen LogP contribution in [0.15, 0.2) is 18.2 Å². The Morgan fingerprint density at radius 2 is 1.89 bits per heavy atom. The van der Waals surface area contributed by atoms with Crippen molar-refractivity contribution in [2.45, 2.75) is 31.8 Å². The lowest BCUT2D eigenvalue weighted by molar-refractivity contribution is 0.411. The predicted octanol–water partition coefficient (Wildman–Crippen LogP) is 2.24. The average molecular weight is 271 g/mol. The van der Waals surface area contributed by atoms with Crippen LogP contribution < -0.4 is 10.5 Å². The summed E-state index contributed by atoms with van der Waals surface area (Å²) >= 11 is 0. The van der Waals surface area contributed by atoms with Crippen LogP contribution >= 0.6 is 0 Å².